The Hall–Kier alpha value is -2.63. The zero-order valence-corrected chi connectivity index (χ0v) is 9.38. The Morgan fingerprint density at radius 2 is 2.33 bits per heavy atom. The van der Waals surface area contributed by atoms with Crippen LogP contribution in [0.5, 0.6) is 0 Å². The van der Waals surface area contributed by atoms with E-state index < -0.39 is 0 Å². The highest BCUT2D eigenvalue weighted by Gasteiger charge is 2.07. The molecule has 0 unspecified atom stereocenters. The number of carbonyl (C=O) groups is 1. The maximum absolute atomic E-state index is 11.7. The Morgan fingerprint density at radius 3 is 3.17 bits per heavy atom. The van der Waals surface area contributed by atoms with Crippen molar-refractivity contribution in [1.82, 2.24) is 20.7 Å². The molecule has 0 spiro atoms. The second-order valence-electron chi connectivity index (χ2n) is 3.89. The third-order valence-corrected chi connectivity index (χ3v) is 2.65. The fraction of sp³-hybridized carbons (Fsp3) is 0.0833. The highest BCUT2D eigenvalue weighted by Crippen LogP contribution is 2.12. The Labute approximate surface area is 102 Å². The maximum Gasteiger partial charge on any atom is 0.256 e. The highest BCUT2D eigenvalue weighted by molar-refractivity contribution is 5.93. The molecule has 3 aromatic rings. The summed E-state index contributed by atoms with van der Waals surface area (Å²) in [7, 11) is 0. The molecule has 6 heteroatoms. The molecule has 0 bridgehead atoms. The summed E-state index contributed by atoms with van der Waals surface area (Å²) in [6.45, 7) is 0.443. The van der Waals surface area contributed by atoms with E-state index in [9.17, 15) is 4.79 Å². The van der Waals surface area contributed by atoms with Crippen LogP contribution < -0.4 is 5.32 Å². The van der Waals surface area contributed by atoms with Crippen LogP contribution in [0.15, 0.2) is 41.4 Å². The third kappa shape index (κ3) is 1.95. The molecular weight excluding hydrogens is 232 g/mol. The Balaban J connectivity index is 1.71. The van der Waals surface area contributed by atoms with Gasteiger partial charge in [-0.05, 0) is 11.6 Å². The van der Waals surface area contributed by atoms with Gasteiger partial charge in [-0.1, -0.05) is 17.3 Å². The normalized spacial score (nSPS) is 10.7. The number of amides is 1. The number of aromatic amines is 1. The standard InChI is InChI=1S/C12H10N4O2/c17-12(10-6-15-18-7-10)13-4-8-1-2-9-5-14-16-11(9)3-8/h1-3,5-7H,4H2,(H,13,17)(H,14,16). The van der Waals surface area contributed by atoms with E-state index in [-0.39, 0.29) is 5.91 Å². The van der Waals surface area contributed by atoms with Crippen LogP contribution in [0.25, 0.3) is 10.9 Å². The van der Waals surface area contributed by atoms with Crippen LogP contribution in [0.1, 0.15) is 15.9 Å². The first-order valence-electron chi connectivity index (χ1n) is 5.42. The van der Waals surface area contributed by atoms with Crippen molar-refractivity contribution < 1.29 is 9.32 Å². The minimum absolute atomic E-state index is 0.207. The number of H-pyrrole nitrogens is 1. The van der Waals surface area contributed by atoms with Crippen LogP contribution >= 0.6 is 0 Å². The van der Waals surface area contributed by atoms with Crippen LogP contribution in [0.2, 0.25) is 0 Å². The summed E-state index contributed by atoms with van der Waals surface area (Å²) in [6.07, 6.45) is 4.45. The summed E-state index contributed by atoms with van der Waals surface area (Å²) in [5.74, 6) is -0.207. The lowest BCUT2D eigenvalue weighted by atomic mass is 10.1. The molecule has 0 saturated heterocycles. The summed E-state index contributed by atoms with van der Waals surface area (Å²) in [5, 5.41) is 14.1. The van der Waals surface area contributed by atoms with Gasteiger partial charge < -0.3 is 9.84 Å². The average Bonchev–Trinajstić information content (AvgIpc) is 3.05. The molecule has 90 valence electrons. The van der Waals surface area contributed by atoms with E-state index in [0.717, 1.165) is 16.5 Å². The number of hydrogen-bond donors (Lipinski definition) is 2. The number of nitrogens with one attached hydrogen (secondary N) is 2. The van der Waals surface area contributed by atoms with E-state index in [1.165, 1.54) is 12.5 Å². The van der Waals surface area contributed by atoms with E-state index >= 15 is 0 Å². The molecule has 0 saturated carbocycles. The second kappa shape index (κ2) is 4.33. The lowest BCUT2D eigenvalue weighted by Crippen LogP contribution is -2.22. The molecule has 0 radical (unpaired) electrons. The Bertz CT molecular complexity index is 672. The van der Waals surface area contributed by atoms with Gasteiger partial charge in [0.2, 0.25) is 0 Å². The van der Waals surface area contributed by atoms with Crippen molar-refractivity contribution in [2.24, 2.45) is 0 Å². The van der Waals surface area contributed by atoms with E-state index in [4.69, 9.17) is 0 Å². The van der Waals surface area contributed by atoms with E-state index in [1.807, 2.05) is 18.2 Å². The van der Waals surface area contributed by atoms with E-state index in [0.29, 0.717) is 12.1 Å². The molecule has 1 amide bonds. The Morgan fingerprint density at radius 1 is 1.39 bits per heavy atom. The summed E-state index contributed by atoms with van der Waals surface area (Å²) >= 11 is 0. The number of rotatable bonds is 3. The van der Waals surface area contributed by atoms with Crippen molar-refractivity contribution in [3.8, 4) is 0 Å². The first-order valence-corrected chi connectivity index (χ1v) is 5.42. The lowest BCUT2D eigenvalue weighted by Gasteiger charge is -2.03. The summed E-state index contributed by atoms with van der Waals surface area (Å²) in [4.78, 5) is 11.7. The number of nitrogens with zero attached hydrogens (tertiary/aromatic N) is 2. The van der Waals surface area contributed by atoms with Gasteiger partial charge in [0.05, 0.1) is 23.5 Å². The van der Waals surface area contributed by atoms with E-state index in [2.05, 4.69) is 25.2 Å². The number of carbonyl (C=O) groups excluding carboxylic acids is 1. The van der Waals surface area contributed by atoms with Crippen LogP contribution in [0.4, 0.5) is 0 Å². The molecular formula is C12H10N4O2. The summed E-state index contributed by atoms with van der Waals surface area (Å²) in [5.41, 5.74) is 2.36. The smallest absolute Gasteiger partial charge is 0.256 e. The highest BCUT2D eigenvalue weighted by atomic mass is 16.5. The van der Waals surface area contributed by atoms with Crippen molar-refractivity contribution in [3.05, 3.63) is 48.0 Å². The van der Waals surface area contributed by atoms with Gasteiger partial charge >= 0.3 is 0 Å². The van der Waals surface area contributed by atoms with Gasteiger partial charge in [0.15, 0.2) is 0 Å². The SMILES string of the molecule is O=C(NCc1ccc2cn[nH]c2c1)c1cnoc1. The molecule has 6 nitrogen and oxygen atoms in total. The maximum atomic E-state index is 11.7. The second-order valence-corrected chi connectivity index (χ2v) is 3.89. The monoisotopic (exact) mass is 242 g/mol. The number of fused-ring (bicyclic) bond motifs is 1. The largest absolute Gasteiger partial charge is 0.364 e. The molecule has 0 aliphatic carbocycles. The minimum Gasteiger partial charge on any atom is -0.364 e. The van der Waals surface area contributed by atoms with Gasteiger partial charge in [0, 0.05) is 11.9 Å². The van der Waals surface area contributed by atoms with Crippen molar-refractivity contribution in [3.63, 3.8) is 0 Å². The van der Waals surface area contributed by atoms with Crippen LogP contribution in [-0.2, 0) is 6.54 Å². The fourth-order valence-electron chi connectivity index (χ4n) is 1.70. The number of benzene rings is 1. The van der Waals surface area contributed by atoms with Crippen molar-refractivity contribution >= 4 is 16.8 Å². The number of hydrogen-bond acceptors (Lipinski definition) is 4. The molecule has 0 atom stereocenters. The molecule has 0 aliphatic rings. The first-order chi connectivity index (χ1) is 8.83. The molecule has 18 heavy (non-hydrogen) atoms. The molecule has 1 aromatic carbocycles. The minimum atomic E-state index is -0.207. The zero-order chi connectivity index (χ0) is 12.4. The predicted octanol–water partition coefficient (Wildman–Crippen LogP) is 1.48. The lowest BCUT2D eigenvalue weighted by molar-refractivity contribution is 0.0950. The third-order valence-electron chi connectivity index (χ3n) is 2.65. The van der Waals surface area contributed by atoms with Crippen LogP contribution in [-0.4, -0.2) is 21.3 Å². The van der Waals surface area contributed by atoms with Gasteiger partial charge in [0.25, 0.3) is 5.91 Å². The quantitative estimate of drug-likeness (QED) is 0.728. The first kappa shape index (κ1) is 10.5. The van der Waals surface area contributed by atoms with Gasteiger partial charge in [-0.25, -0.2) is 0 Å². The Kier molecular flexibility index (Phi) is 2.53. The van der Waals surface area contributed by atoms with E-state index in [1.54, 1.807) is 6.20 Å². The molecule has 2 aromatic heterocycles. The van der Waals surface area contributed by atoms with Gasteiger partial charge in [0.1, 0.15) is 6.26 Å². The van der Waals surface area contributed by atoms with Crippen molar-refractivity contribution in [1.29, 1.82) is 0 Å². The van der Waals surface area contributed by atoms with Gasteiger partial charge in [-0.15, -0.1) is 0 Å². The summed E-state index contributed by atoms with van der Waals surface area (Å²) in [6, 6.07) is 5.86. The molecule has 0 aliphatic heterocycles. The summed E-state index contributed by atoms with van der Waals surface area (Å²) < 4.78 is 4.61. The van der Waals surface area contributed by atoms with Gasteiger partial charge in [-0.3, -0.25) is 9.89 Å². The average molecular weight is 242 g/mol. The zero-order valence-electron chi connectivity index (χ0n) is 9.38. The van der Waals surface area contributed by atoms with Crippen LogP contribution in [0, 0.1) is 0 Å². The fourth-order valence-corrected chi connectivity index (χ4v) is 1.70. The molecule has 2 N–H and O–H groups in total. The van der Waals surface area contributed by atoms with Gasteiger partial charge in [-0.2, -0.15) is 5.10 Å². The molecule has 0 fully saturated rings. The van der Waals surface area contributed by atoms with Crippen molar-refractivity contribution in [2.45, 2.75) is 6.54 Å². The topological polar surface area (TPSA) is 83.8 Å². The molecule has 2 heterocycles. The number of aromatic nitrogens is 3. The molecule has 3 rings (SSSR count). The van der Waals surface area contributed by atoms with Crippen LogP contribution in [0.3, 0.4) is 0 Å². The predicted molar refractivity (Wildman–Crippen MR) is 63.8 cm³/mol. The van der Waals surface area contributed by atoms with Crippen molar-refractivity contribution in [2.75, 3.05) is 0 Å².